The maximum Gasteiger partial charge on any atom is 0.274 e. The van der Waals surface area contributed by atoms with Crippen molar-refractivity contribution in [2.45, 2.75) is 6.42 Å². The quantitative estimate of drug-likeness (QED) is 0.678. The number of hydrogen-bond acceptors (Lipinski definition) is 4. The lowest BCUT2D eigenvalue weighted by atomic mass is 10.1. The van der Waals surface area contributed by atoms with Gasteiger partial charge in [-0.1, -0.05) is 30.3 Å². The number of pyridine rings is 1. The van der Waals surface area contributed by atoms with Gasteiger partial charge in [0.1, 0.15) is 11.4 Å². The fourth-order valence-electron chi connectivity index (χ4n) is 2.53. The average molecular weight is 347 g/mol. The van der Waals surface area contributed by atoms with Crippen molar-refractivity contribution in [2.75, 3.05) is 24.3 Å². The third kappa shape index (κ3) is 4.83. The standard InChI is InChI=1S/C21H21N3O2/c1-26-19-9-7-17(8-10-19)24-21(25)20-15-18(12-14-23-20)22-13-11-16-5-3-2-4-6-16/h2-10,12,14-15H,11,13H2,1H3,(H,22,23)(H,24,25). The maximum absolute atomic E-state index is 12.4. The van der Waals surface area contributed by atoms with E-state index in [0.717, 1.165) is 24.4 Å². The van der Waals surface area contributed by atoms with Gasteiger partial charge in [0.2, 0.25) is 0 Å². The van der Waals surface area contributed by atoms with E-state index in [2.05, 4.69) is 27.8 Å². The van der Waals surface area contributed by atoms with Gasteiger partial charge in [-0.3, -0.25) is 9.78 Å². The van der Waals surface area contributed by atoms with Gasteiger partial charge in [-0.25, -0.2) is 0 Å². The van der Waals surface area contributed by atoms with Crippen LogP contribution in [0.25, 0.3) is 0 Å². The van der Waals surface area contributed by atoms with Gasteiger partial charge in [-0.15, -0.1) is 0 Å². The second-order valence-corrected chi connectivity index (χ2v) is 5.77. The molecule has 0 fully saturated rings. The van der Waals surface area contributed by atoms with Crippen molar-refractivity contribution in [3.63, 3.8) is 0 Å². The summed E-state index contributed by atoms with van der Waals surface area (Å²) in [5.41, 5.74) is 3.20. The molecule has 2 N–H and O–H groups in total. The molecule has 132 valence electrons. The Morgan fingerprint density at radius 1 is 1.00 bits per heavy atom. The second kappa shape index (κ2) is 8.67. The number of benzene rings is 2. The Hall–Kier alpha value is -3.34. The van der Waals surface area contributed by atoms with E-state index in [0.29, 0.717) is 11.4 Å². The molecule has 1 aromatic heterocycles. The Kier molecular flexibility index (Phi) is 5.83. The lowest BCUT2D eigenvalue weighted by Gasteiger charge is -2.09. The van der Waals surface area contributed by atoms with E-state index in [4.69, 9.17) is 4.74 Å². The third-order valence-electron chi connectivity index (χ3n) is 3.93. The number of aromatic nitrogens is 1. The lowest BCUT2D eigenvalue weighted by Crippen LogP contribution is -2.14. The first kappa shape index (κ1) is 17.5. The van der Waals surface area contributed by atoms with Crippen molar-refractivity contribution in [3.05, 3.63) is 84.2 Å². The number of amides is 1. The first-order valence-corrected chi connectivity index (χ1v) is 8.44. The fourth-order valence-corrected chi connectivity index (χ4v) is 2.53. The SMILES string of the molecule is COc1ccc(NC(=O)c2cc(NCCc3ccccc3)ccn2)cc1. The van der Waals surface area contributed by atoms with Gasteiger partial charge >= 0.3 is 0 Å². The summed E-state index contributed by atoms with van der Waals surface area (Å²) in [5, 5.41) is 6.16. The molecule has 0 unspecified atom stereocenters. The molecule has 0 aliphatic heterocycles. The molecule has 0 aliphatic rings. The lowest BCUT2D eigenvalue weighted by molar-refractivity contribution is 0.102. The van der Waals surface area contributed by atoms with Crippen molar-refractivity contribution in [1.82, 2.24) is 4.98 Å². The number of nitrogens with one attached hydrogen (secondary N) is 2. The van der Waals surface area contributed by atoms with Gasteiger partial charge < -0.3 is 15.4 Å². The van der Waals surface area contributed by atoms with E-state index >= 15 is 0 Å². The Bertz CT molecular complexity index is 849. The molecule has 0 saturated heterocycles. The van der Waals surface area contributed by atoms with Gasteiger partial charge in [0.15, 0.2) is 0 Å². The van der Waals surface area contributed by atoms with E-state index < -0.39 is 0 Å². The number of carbonyl (C=O) groups excluding carboxylic acids is 1. The highest BCUT2D eigenvalue weighted by atomic mass is 16.5. The summed E-state index contributed by atoms with van der Waals surface area (Å²) in [6, 6.07) is 21.1. The van der Waals surface area contributed by atoms with E-state index in [9.17, 15) is 4.79 Å². The molecule has 1 amide bonds. The maximum atomic E-state index is 12.4. The van der Waals surface area contributed by atoms with Crippen LogP contribution in [0.1, 0.15) is 16.1 Å². The van der Waals surface area contributed by atoms with Crippen LogP contribution >= 0.6 is 0 Å². The summed E-state index contributed by atoms with van der Waals surface area (Å²) >= 11 is 0. The second-order valence-electron chi connectivity index (χ2n) is 5.77. The van der Waals surface area contributed by atoms with Crippen molar-refractivity contribution in [2.24, 2.45) is 0 Å². The van der Waals surface area contributed by atoms with Crippen LogP contribution in [0.3, 0.4) is 0 Å². The number of anilines is 2. The molecule has 0 aliphatic carbocycles. The zero-order valence-corrected chi connectivity index (χ0v) is 14.6. The zero-order chi connectivity index (χ0) is 18.2. The van der Waals surface area contributed by atoms with Crippen molar-refractivity contribution >= 4 is 17.3 Å². The summed E-state index contributed by atoms with van der Waals surface area (Å²) in [7, 11) is 1.60. The summed E-state index contributed by atoms with van der Waals surface area (Å²) in [5.74, 6) is 0.493. The van der Waals surface area contributed by atoms with Crippen LogP contribution in [-0.4, -0.2) is 24.5 Å². The van der Waals surface area contributed by atoms with Crippen LogP contribution < -0.4 is 15.4 Å². The molecular weight excluding hydrogens is 326 g/mol. The predicted molar refractivity (Wildman–Crippen MR) is 104 cm³/mol. The molecule has 0 atom stereocenters. The van der Waals surface area contributed by atoms with Gasteiger partial charge in [0.25, 0.3) is 5.91 Å². The normalized spacial score (nSPS) is 10.2. The minimum Gasteiger partial charge on any atom is -0.497 e. The summed E-state index contributed by atoms with van der Waals surface area (Å²) < 4.78 is 5.11. The van der Waals surface area contributed by atoms with E-state index in [1.807, 2.05) is 24.3 Å². The largest absolute Gasteiger partial charge is 0.497 e. The Labute approximate surface area is 153 Å². The van der Waals surface area contributed by atoms with Crippen LogP contribution in [0.2, 0.25) is 0 Å². The molecule has 0 bridgehead atoms. The summed E-state index contributed by atoms with van der Waals surface area (Å²) in [6.45, 7) is 0.785. The van der Waals surface area contributed by atoms with Crippen LogP contribution in [0.15, 0.2) is 72.9 Å². The van der Waals surface area contributed by atoms with Gasteiger partial charge in [0.05, 0.1) is 7.11 Å². The molecule has 1 heterocycles. The van der Waals surface area contributed by atoms with Gasteiger partial charge in [0, 0.05) is 24.1 Å². The van der Waals surface area contributed by atoms with Crippen molar-refractivity contribution < 1.29 is 9.53 Å². The van der Waals surface area contributed by atoms with Crippen molar-refractivity contribution in [3.8, 4) is 5.75 Å². The monoisotopic (exact) mass is 347 g/mol. The van der Waals surface area contributed by atoms with Gasteiger partial charge in [-0.05, 0) is 48.4 Å². The van der Waals surface area contributed by atoms with Crippen LogP contribution in [0.4, 0.5) is 11.4 Å². The predicted octanol–water partition coefficient (Wildman–Crippen LogP) is 4.00. The zero-order valence-electron chi connectivity index (χ0n) is 14.6. The summed E-state index contributed by atoms with van der Waals surface area (Å²) in [6.07, 6.45) is 2.55. The Balaban J connectivity index is 1.57. The summed E-state index contributed by atoms with van der Waals surface area (Å²) in [4.78, 5) is 16.5. The molecule has 26 heavy (non-hydrogen) atoms. The van der Waals surface area contributed by atoms with Crippen LogP contribution in [-0.2, 0) is 6.42 Å². The number of ether oxygens (including phenoxy) is 1. The van der Waals surface area contributed by atoms with E-state index in [-0.39, 0.29) is 5.91 Å². The molecule has 3 aromatic rings. The fraction of sp³-hybridized carbons (Fsp3) is 0.143. The van der Waals surface area contributed by atoms with Crippen LogP contribution in [0, 0.1) is 0 Å². The number of methoxy groups -OCH3 is 1. The molecule has 0 spiro atoms. The van der Waals surface area contributed by atoms with E-state index in [1.54, 1.807) is 43.6 Å². The average Bonchev–Trinajstić information content (AvgIpc) is 2.69. The van der Waals surface area contributed by atoms with Gasteiger partial charge in [-0.2, -0.15) is 0 Å². The highest BCUT2D eigenvalue weighted by Crippen LogP contribution is 2.16. The minimum absolute atomic E-state index is 0.248. The first-order chi connectivity index (χ1) is 12.7. The molecular formula is C21H21N3O2. The Morgan fingerprint density at radius 3 is 2.50 bits per heavy atom. The molecule has 5 heteroatoms. The third-order valence-corrected chi connectivity index (χ3v) is 3.93. The highest BCUT2D eigenvalue weighted by molar-refractivity contribution is 6.03. The molecule has 5 nitrogen and oxygen atoms in total. The molecule has 0 saturated carbocycles. The number of hydrogen-bond donors (Lipinski definition) is 2. The molecule has 0 radical (unpaired) electrons. The van der Waals surface area contributed by atoms with Crippen LogP contribution in [0.5, 0.6) is 5.75 Å². The first-order valence-electron chi connectivity index (χ1n) is 8.44. The smallest absolute Gasteiger partial charge is 0.274 e. The van der Waals surface area contributed by atoms with Crippen molar-refractivity contribution in [1.29, 1.82) is 0 Å². The number of rotatable bonds is 7. The minimum atomic E-state index is -0.248. The highest BCUT2D eigenvalue weighted by Gasteiger charge is 2.08. The Morgan fingerprint density at radius 2 is 1.77 bits per heavy atom. The van der Waals surface area contributed by atoms with E-state index in [1.165, 1.54) is 5.56 Å². The molecule has 2 aromatic carbocycles. The molecule has 3 rings (SSSR count). The topological polar surface area (TPSA) is 63.2 Å². The number of carbonyl (C=O) groups is 1. The number of nitrogens with zero attached hydrogens (tertiary/aromatic N) is 1.